The molecule has 6 nitrogen and oxygen atoms in total. The Bertz CT molecular complexity index is 612. The molecule has 0 saturated carbocycles. The van der Waals surface area contributed by atoms with Crippen molar-refractivity contribution in [3.8, 4) is 11.5 Å². The first-order valence-electron chi connectivity index (χ1n) is 9.11. The second kappa shape index (κ2) is 8.06. The molecule has 1 fully saturated rings. The standard InChI is InChI=1S/C19H29N3O3/c1-13-8-14-9-17(24-3)15(10-18(14)25-13)11-21-16-4-6-22(7-5-16)12-19(23)20-2/h9-10,13,16,21H,4-8,11-12H2,1-3H3,(H,20,23)/t13-/m0/s1. The lowest BCUT2D eigenvalue weighted by Gasteiger charge is -2.32. The Morgan fingerprint density at radius 1 is 1.36 bits per heavy atom. The molecule has 25 heavy (non-hydrogen) atoms. The third-order valence-corrected chi connectivity index (χ3v) is 5.11. The van der Waals surface area contributed by atoms with Crippen LogP contribution in [0.25, 0.3) is 0 Å². The van der Waals surface area contributed by atoms with E-state index >= 15 is 0 Å². The molecule has 1 aromatic carbocycles. The van der Waals surface area contributed by atoms with Gasteiger partial charge in [0.15, 0.2) is 0 Å². The van der Waals surface area contributed by atoms with Crippen LogP contribution in [0, 0.1) is 0 Å². The van der Waals surface area contributed by atoms with Crippen LogP contribution in [0.5, 0.6) is 11.5 Å². The van der Waals surface area contributed by atoms with E-state index in [2.05, 4.69) is 34.6 Å². The molecule has 1 atom stereocenters. The van der Waals surface area contributed by atoms with Gasteiger partial charge in [0, 0.05) is 50.3 Å². The first kappa shape index (κ1) is 18.0. The van der Waals surface area contributed by atoms with Gasteiger partial charge in [-0.2, -0.15) is 0 Å². The molecule has 1 saturated heterocycles. The van der Waals surface area contributed by atoms with Crippen molar-refractivity contribution in [3.63, 3.8) is 0 Å². The van der Waals surface area contributed by atoms with Gasteiger partial charge in [-0.3, -0.25) is 9.69 Å². The van der Waals surface area contributed by atoms with Gasteiger partial charge in [0.2, 0.25) is 5.91 Å². The number of rotatable bonds is 6. The number of amides is 1. The molecule has 1 amide bonds. The van der Waals surface area contributed by atoms with Gasteiger partial charge in [0.05, 0.1) is 13.7 Å². The summed E-state index contributed by atoms with van der Waals surface area (Å²) in [4.78, 5) is 13.7. The summed E-state index contributed by atoms with van der Waals surface area (Å²) >= 11 is 0. The Hall–Kier alpha value is -1.79. The highest BCUT2D eigenvalue weighted by Crippen LogP contribution is 2.35. The maximum Gasteiger partial charge on any atom is 0.233 e. The van der Waals surface area contributed by atoms with E-state index in [-0.39, 0.29) is 12.0 Å². The number of ether oxygens (including phenoxy) is 2. The largest absolute Gasteiger partial charge is 0.496 e. The van der Waals surface area contributed by atoms with Crippen LogP contribution < -0.4 is 20.1 Å². The Morgan fingerprint density at radius 2 is 2.12 bits per heavy atom. The van der Waals surface area contributed by atoms with E-state index in [0.29, 0.717) is 12.6 Å². The number of carbonyl (C=O) groups is 1. The highest BCUT2D eigenvalue weighted by Gasteiger charge is 2.23. The Morgan fingerprint density at radius 3 is 2.80 bits per heavy atom. The van der Waals surface area contributed by atoms with Crippen LogP contribution in [0.4, 0.5) is 0 Å². The Labute approximate surface area is 149 Å². The number of methoxy groups -OCH3 is 1. The van der Waals surface area contributed by atoms with Crippen molar-refractivity contribution in [3.05, 3.63) is 23.3 Å². The average molecular weight is 347 g/mol. The number of benzene rings is 1. The first-order chi connectivity index (χ1) is 12.1. The highest BCUT2D eigenvalue weighted by atomic mass is 16.5. The van der Waals surface area contributed by atoms with Gasteiger partial charge in [-0.15, -0.1) is 0 Å². The lowest BCUT2D eigenvalue weighted by atomic mass is 10.0. The molecule has 2 aliphatic heterocycles. The van der Waals surface area contributed by atoms with Gasteiger partial charge < -0.3 is 20.1 Å². The van der Waals surface area contributed by atoms with E-state index in [9.17, 15) is 4.79 Å². The number of likely N-dealkylation sites (N-methyl/N-ethyl adjacent to an activating group) is 1. The third-order valence-electron chi connectivity index (χ3n) is 5.11. The van der Waals surface area contributed by atoms with Crippen molar-refractivity contribution in [1.29, 1.82) is 0 Å². The second-order valence-corrected chi connectivity index (χ2v) is 7.01. The van der Waals surface area contributed by atoms with Crippen molar-refractivity contribution < 1.29 is 14.3 Å². The molecule has 2 aliphatic rings. The maximum atomic E-state index is 11.5. The topological polar surface area (TPSA) is 62.8 Å². The number of likely N-dealkylation sites (tertiary alicyclic amines) is 1. The number of hydrogen-bond donors (Lipinski definition) is 2. The zero-order valence-electron chi connectivity index (χ0n) is 15.4. The molecular weight excluding hydrogens is 318 g/mol. The normalized spacial score (nSPS) is 20.8. The van der Waals surface area contributed by atoms with Crippen molar-refractivity contribution in [1.82, 2.24) is 15.5 Å². The first-order valence-corrected chi connectivity index (χ1v) is 9.11. The van der Waals surface area contributed by atoms with Crippen LogP contribution in [-0.2, 0) is 17.8 Å². The van der Waals surface area contributed by atoms with Gasteiger partial charge in [0.25, 0.3) is 0 Å². The summed E-state index contributed by atoms with van der Waals surface area (Å²) in [7, 11) is 3.41. The zero-order chi connectivity index (χ0) is 17.8. The molecule has 0 spiro atoms. The van der Waals surface area contributed by atoms with Crippen LogP contribution in [0.15, 0.2) is 12.1 Å². The van der Waals surface area contributed by atoms with Crippen LogP contribution in [0.1, 0.15) is 30.9 Å². The fraction of sp³-hybridized carbons (Fsp3) is 0.632. The molecule has 0 bridgehead atoms. The number of nitrogens with zero attached hydrogens (tertiary/aromatic N) is 1. The molecule has 2 heterocycles. The monoisotopic (exact) mass is 347 g/mol. The average Bonchev–Trinajstić information content (AvgIpc) is 2.98. The minimum absolute atomic E-state index is 0.0866. The minimum Gasteiger partial charge on any atom is -0.496 e. The van der Waals surface area contributed by atoms with Crippen molar-refractivity contribution in [2.24, 2.45) is 0 Å². The van der Waals surface area contributed by atoms with Gasteiger partial charge in [-0.1, -0.05) is 0 Å². The molecule has 138 valence electrons. The summed E-state index contributed by atoms with van der Waals surface area (Å²) in [5.74, 6) is 2.01. The number of fused-ring (bicyclic) bond motifs is 1. The lowest BCUT2D eigenvalue weighted by Crippen LogP contribution is -2.45. The van der Waals surface area contributed by atoms with Crippen LogP contribution in [0.3, 0.4) is 0 Å². The smallest absolute Gasteiger partial charge is 0.233 e. The zero-order valence-corrected chi connectivity index (χ0v) is 15.4. The molecule has 3 rings (SSSR count). The quantitative estimate of drug-likeness (QED) is 0.813. The van der Waals surface area contributed by atoms with Crippen molar-refractivity contribution in [2.45, 2.75) is 44.9 Å². The molecule has 0 aliphatic carbocycles. The summed E-state index contributed by atoms with van der Waals surface area (Å²) in [5.41, 5.74) is 2.37. The van der Waals surface area contributed by atoms with Crippen LogP contribution in [-0.4, -0.2) is 56.7 Å². The third kappa shape index (κ3) is 4.44. The molecule has 2 N–H and O–H groups in total. The van der Waals surface area contributed by atoms with Gasteiger partial charge in [0.1, 0.15) is 17.6 Å². The van der Waals surface area contributed by atoms with E-state index in [1.54, 1.807) is 14.2 Å². The van der Waals surface area contributed by atoms with Gasteiger partial charge in [-0.05, 0) is 31.9 Å². The van der Waals surface area contributed by atoms with E-state index in [1.807, 2.05) is 0 Å². The van der Waals surface area contributed by atoms with E-state index in [0.717, 1.165) is 56.0 Å². The molecule has 0 aromatic heterocycles. The summed E-state index contributed by atoms with van der Waals surface area (Å²) in [5, 5.41) is 6.32. The molecule has 6 heteroatoms. The van der Waals surface area contributed by atoms with E-state index < -0.39 is 0 Å². The van der Waals surface area contributed by atoms with E-state index in [4.69, 9.17) is 9.47 Å². The molecule has 0 radical (unpaired) electrons. The van der Waals surface area contributed by atoms with E-state index in [1.165, 1.54) is 5.56 Å². The van der Waals surface area contributed by atoms with Crippen molar-refractivity contribution >= 4 is 5.91 Å². The summed E-state index contributed by atoms with van der Waals surface area (Å²) in [6.07, 6.45) is 3.30. The second-order valence-electron chi connectivity index (χ2n) is 7.01. The van der Waals surface area contributed by atoms with Crippen molar-refractivity contribution in [2.75, 3.05) is 33.8 Å². The summed E-state index contributed by atoms with van der Waals surface area (Å²) < 4.78 is 11.4. The fourth-order valence-electron chi connectivity index (χ4n) is 3.64. The summed E-state index contributed by atoms with van der Waals surface area (Å²) in [6.45, 7) is 5.27. The van der Waals surface area contributed by atoms with Gasteiger partial charge >= 0.3 is 0 Å². The number of piperidine rings is 1. The summed E-state index contributed by atoms with van der Waals surface area (Å²) in [6, 6.07) is 4.70. The lowest BCUT2D eigenvalue weighted by molar-refractivity contribution is -0.122. The predicted molar refractivity (Wildman–Crippen MR) is 97.2 cm³/mol. The fourth-order valence-corrected chi connectivity index (χ4v) is 3.64. The molecular formula is C19H29N3O3. The Balaban J connectivity index is 1.53. The number of nitrogens with one attached hydrogen (secondary N) is 2. The number of carbonyl (C=O) groups excluding carboxylic acids is 1. The number of hydrogen-bond acceptors (Lipinski definition) is 5. The SMILES string of the molecule is CNC(=O)CN1CCC(NCc2cc3c(cc2OC)C[C@H](C)O3)CC1. The minimum atomic E-state index is 0.0866. The highest BCUT2D eigenvalue weighted by molar-refractivity contribution is 5.77. The molecule has 1 aromatic rings. The maximum absolute atomic E-state index is 11.5. The molecule has 0 unspecified atom stereocenters. The van der Waals surface area contributed by atoms with Crippen LogP contribution >= 0.6 is 0 Å². The Kier molecular flexibility index (Phi) is 5.81. The predicted octanol–water partition coefficient (Wildman–Crippen LogP) is 1.32. The van der Waals surface area contributed by atoms with Gasteiger partial charge in [-0.25, -0.2) is 0 Å². The van der Waals surface area contributed by atoms with Crippen LogP contribution in [0.2, 0.25) is 0 Å².